The topological polar surface area (TPSA) is 81.1 Å². The van der Waals surface area contributed by atoms with Crippen molar-refractivity contribution in [3.8, 4) is 0 Å². The lowest BCUT2D eigenvalue weighted by atomic mass is 9.82. The van der Waals surface area contributed by atoms with Crippen molar-refractivity contribution >= 4 is 35.2 Å². The van der Waals surface area contributed by atoms with E-state index in [-0.39, 0.29) is 40.6 Å². The summed E-state index contributed by atoms with van der Waals surface area (Å²) in [6.07, 6.45) is -8.15. The van der Waals surface area contributed by atoms with E-state index in [0.717, 1.165) is 22.9 Å². The third kappa shape index (κ3) is 7.46. The molecule has 1 atom stereocenters. The molecule has 2 amide bonds. The van der Waals surface area contributed by atoms with Crippen LogP contribution in [0.2, 0.25) is 10.0 Å². The van der Waals surface area contributed by atoms with E-state index in [0.29, 0.717) is 0 Å². The first-order valence-electron chi connectivity index (χ1n) is 10.4. The Bertz CT molecular complexity index is 1050. The first-order chi connectivity index (χ1) is 16.3. The van der Waals surface area contributed by atoms with Gasteiger partial charge in [-0.05, 0) is 36.6 Å². The molecule has 6 nitrogen and oxygen atoms in total. The van der Waals surface area contributed by atoms with E-state index in [2.05, 4.69) is 0 Å². The number of amides is 2. The van der Waals surface area contributed by atoms with Crippen LogP contribution in [-0.2, 0) is 16.9 Å². The summed E-state index contributed by atoms with van der Waals surface area (Å²) < 4.78 is 53.1. The Morgan fingerprint density at radius 3 is 2.26 bits per heavy atom. The van der Waals surface area contributed by atoms with E-state index in [4.69, 9.17) is 23.2 Å². The number of hydrogen-bond acceptors (Lipinski definition) is 3. The van der Waals surface area contributed by atoms with E-state index in [1.165, 1.54) is 36.4 Å². The molecule has 2 N–H and O–H groups in total. The van der Waals surface area contributed by atoms with Gasteiger partial charge in [0, 0.05) is 25.8 Å². The van der Waals surface area contributed by atoms with E-state index >= 15 is 0 Å². The first kappa shape index (κ1) is 28.7. The van der Waals surface area contributed by atoms with Crippen LogP contribution in [0, 0.1) is 5.82 Å². The number of carboxylic acid groups (broad SMARTS) is 1. The summed E-state index contributed by atoms with van der Waals surface area (Å²) >= 11 is 12.2. The standard InChI is InChI=1S/C23H24Cl2F4N2O4/c1-30(20(33)12-23(27,28)29)14-22(9-4-10-32,16-7-8-17(24)18(25)11-16)31(21(34)35)13-15-5-2-3-6-19(15)26/h2-3,5-8,11,32H,4,9-10,12-14H2,1H3,(H,34,35)/t22-/m1/s1. The van der Waals surface area contributed by atoms with Crippen molar-refractivity contribution < 1.29 is 37.4 Å². The zero-order valence-corrected chi connectivity index (χ0v) is 20.2. The highest BCUT2D eigenvalue weighted by molar-refractivity contribution is 6.42. The maximum Gasteiger partial charge on any atom is 0.408 e. The molecule has 0 aliphatic heterocycles. The van der Waals surface area contributed by atoms with E-state index in [9.17, 15) is 37.4 Å². The quantitative estimate of drug-likeness (QED) is 0.380. The van der Waals surface area contributed by atoms with Gasteiger partial charge in [-0.15, -0.1) is 0 Å². The minimum absolute atomic E-state index is 0.00704. The summed E-state index contributed by atoms with van der Waals surface area (Å²) in [6, 6.07) is 9.61. The molecular formula is C23H24Cl2F4N2O4. The fourth-order valence-corrected chi connectivity index (χ4v) is 4.13. The Morgan fingerprint density at radius 2 is 1.71 bits per heavy atom. The van der Waals surface area contributed by atoms with Crippen LogP contribution in [0.25, 0.3) is 0 Å². The Labute approximate surface area is 209 Å². The summed E-state index contributed by atoms with van der Waals surface area (Å²) in [6.45, 7) is -1.40. The molecular weight excluding hydrogens is 515 g/mol. The lowest BCUT2D eigenvalue weighted by Crippen LogP contribution is -2.55. The second-order valence-corrected chi connectivity index (χ2v) is 8.80. The number of halogens is 6. The minimum atomic E-state index is -4.78. The molecule has 0 saturated carbocycles. The van der Waals surface area contributed by atoms with Crippen LogP contribution in [-0.4, -0.2) is 58.4 Å². The number of aliphatic hydroxyl groups is 1. The molecule has 2 aromatic carbocycles. The van der Waals surface area contributed by atoms with Crippen LogP contribution in [0.1, 0.15) is 30.4 Å². The molecule has 0 radical (unpaired) electrons. The van der Waals surface area contributed by atoms with Crippen molar-refractivity contribution in [3.05, 3.63) is 69.5 Å². The monoisotopic (exact) mass is 538 g/mol. The van der Waals surface area contributed by atoms with Crippen LogP contribution >= 0.6 is 23.2 Å². The van der Waals surface area contributed by atoms with E-state index in [1.54, 1.807) is 0 Å². The Kier molecular flexibility index (Phi) is 9.76. The second kappa shape index (κ2) is 11.9. The second-order valence-electron chi connectivity index (χ2n) is 7.99. The zero-order chi connectivity index (χ0) is 26.4. The third-order valence-electron chi connectivity index (χ3n) is 5.52. The number of benzene rings is 2. The van der Waals surface area contributed by atoms with Gasteiger partial charge in [0.1, 0.15) is 12.2 Å². The van der Waals surface area contributed by atoms with Crippen LogP contribution in [0.4, 0.5) is 22.4 Å². The number of nitrogens with zero attached hydrogens (tertiary/aromatic N) is 2. The SMILES string of the molecule is CN(C[C@](CCCO)(c1ccc(Cl)c(Cl)c1)N(Cc1ccccc1F)C(=O)O)C(=O)CC(F)(F)F. The molecule has 2 rings (SSSR count). The number of likely N-dealkylation sites (N-methyl/N-ethyl adjacent to an activating group) is 1. The molecule has 0 spiro atoms. The fourth-order valence-electron chi connectivity index (χ4n) is 3.83. The van der Waals surface area contributed by atoms with Gasteiger partial charge in [-0.25, -0.2) is 9.18 Å². The number of hydrogen-bond donors (Lipinski definition) is 2. The summed E-state index contributed by atoms with van der Waals surface area (Å²) in [4.78, 5) is 26.5. The first-order valence-corrected chi connectivity index (χ1v) is 11.2. The van der Waals surface area contributed by atoms with Crippen molar-refractivity contribution in [1.29, 1.82) is 0 Å². The van der Waals surface area contributed by atoms with Gasteiger partial charge in [-0.2, -0.15) is 13.2 Å². The van der Waals surface area contributed by atoms with Crippen LogP contribution < -0.4 is 0 Å². The maximum atomic E-state index is 14.5. The highest BCUT2D eigenvalue weighted by atomic mass is 35.5. The molecule has 2 aromatic rings. The van der Waals surface area contributed by atoms with Crippen molar-refractivity contribution in [2.24, 2.45) is 0 Å². The van der Waals surface area contributed by atoms with Crippen LogP contribution in [0.3, 0.4) is 0 Å². The van der Waals surface area contributed by atoms with Crippen LogP contribution in [0.5, 0.6) is 0 Å². The van der Waals surface area contributed by atoms with Gasteiger partial charge in [-0.1, -0.05) is 47.5 Å². The molecule has 35 heavy (non-hydrogen) atoms. The van der Waals surface area contributed by atoms with Crippen molar-refractivity contribution in [1.82, 2.24) is 9.80 Å². The van der Waals surface area contributed by atoms with Gasteiger partial charge < -0.3 is 15.1 Å². The molecule has 12 heteroatoms. The zero-order valence-electron chi connectivity index (χ0n) is 18.7. The molecule has 0 heterocycles. The highest BCUT2D eigenvalue weighted by Gasteiger charge is 2.44. The Balaban J connectivity index is 2.69. The molecule has 192 valence electrons. The normalized spacial score (nSPS) is 13.3. The largest absolute Gasteiger partial charge is 0.465 e. The molecule has 0 aliphatic carbocycles. The predicted octanol–water partition coefficient (Wildman–Crippen LogP) is 5.69. The number of carbonyl (C=O) groups is 2. The van der Waals surface area contributed by atoms with E-state index < -0.39 is 49.0 Å². The molecule has 0 saturated heterocycles. The Morgan fingerprint density at radius 1 is 1.06 bits per heavy atom. The lowest BCUT2D eigenvalue weighted by Gasteiger charge is -2.45. The molecule has 0 fully saturated rings. The number of alkyl halides is 3. The third-order valence-corrected chi connectivity index (χ3v) is 6.25. The lowest BCUT2D eigenvalue weighted by molar-refractivity contribution is -0.161. The van der Waals surface area contributed by atoms with Gasteiger partial charge in [0.25, 0.3) is 0 Å². The van der Waals surface area contributed by atoms with Crippen molar-refractivity contribution in [2.75, 3.05) is 20.2 Å². The summed E-state index contributed by atoms with van der Waals surface area (Å²) in [5.74, 6) is -1.98. The number of aliphatic hydroxyl groups excluding tert-OH is 1. The Hall–Kier alpha value is -2.56. The van der Waals surface area contributed by atoms with Crippen LogP contribution in [0.15, 0.2) is 42.5 Å². The summed E-state index contributed by atoms with van der Waals surface area (Å²) in [5, 5.41) is 19.9. The number of carbonyl (C=O) groups excluding carboxylic acids is 1. The van der Waals surface area contributed by atoms with Gasteiger partial charge in [0.2, 0.25) is 5.91 Å². The van der Waals surface area contributed by atoms with E-state index in [1.807, 2.05) is 0 Å². The summed E-state index contributed by atoms with van der Waals surface area (Å²) in [7, 11) is 1.11. The molecule has 0 bridgehead atoms. The highest BCUT2D eigenvalue weighted by Crippen LogP contribution is 2.39. The van der Waals surface area contributed by atoms with Gasteiger partial charge >= 0.3 is 12.3 Å². The average Bonchev–Trinajstić information content (AvgIpc) is 2.76. The molecule has 0 unspecified atom stereocenters. The smallest absolute Gasteiger partial charge is 0.408 e. The van der Waals surface area contributed by atoms with Crippen molar-refractivity contribution in [2.45, 2.75) is 37.5 Å². The average molecular weight is 539 g/mol. The maximum absolute atomic E-state index is 14.5. The van der Waals surface area contributed by atoms with Crippen molar-refractivity contribution in [3.63, 3.8) is 0 Å². The van der Waals surface area contributed by atoms with Gasteiger partial charge in [-0.3, -0.25) is 9.69 Å². The summed E-state index contributed by atoms with van der Waals surface area (Å²) in [5.41, 5.74) is -1.49. The molecule has 0 aromatic heterocycles. The fraction of sp³-hybridized carbons (Fsp3) is 0.391. The predicted molar refractivity (Wildman–Crippen MR) is 123 cm³/mol. The minimum Gasteiger partial charge on any atom is -0.465 e. The molecule has 0 aliphatic rings. The van der Waals surface area contributed by atoms with Gasteiger partial charge in [0.05, 0.1) is 22.1 Å². The van der Waals surface area contributed by atoms with Gasteiger partial charge in [0.15, 0.2) is 0 Å². The number of rotatable bonds is 10.